The van der Waals surface area contributed by atoms with Gasteiger partial charge >= 0.3 is 0 Å². The zero-order valence-electron chi connectivity index (χ0n) is 13.5. The summed E-state index contributed by atoms with van der Waals surface area (Å²) in [6.07, 6.45) is 2.98. The third-order valence-corrected chi connectivity index (χ3v) is 3.66. The summed E-state index contributed by atoms with van der Waals surface area (Å²) >= 11 is 5.93. The molecular weight excluding hydrogens is 332 g/mol. The topological polar surface area (TPSA) is 65.0 Å². The molecule has 1 N–H and O–H groups in total. The lowest BCUT2D eigenvalue weighted by molar-refractivity contribution is 0.104. The van der Waals surface area contributed by atoms with E-state index in [-0.39, 0.29) is 22.3 Å². The minimum Gasteiger partial charge on any atom is -0.503 e. The second kappa shape index (κ2) is 7.75. The molecule has 2 rings (SSSR count). The lowest BCUT2D eigenvalue weighted by atomic mass is 10.1. The molecule has 24 heavy (non-hydrogen) atoms. The molecule has 0 saturated carbocycles. The molecule has 6 heteroatoms. The van der Waals surface area contributed by atoms with Crippen molar-refractivity contribution >= 4 is 23.5 Å². The number of carbonyl (C=O) groups is 1. The Bertz CT molecular complexity index is 783. The molecule has 0 aliphatic carbocycles. The van der Waals surface area contributed by atoms with Crippen LogP contribution in [0.3, 0.4) is 0 Å². The zero-order valence-corrected chi connectivity index (χ0v) is 14.3. The summed E-state index contributed by atoms with van der Waals surface area (Å²) in [5.41, 5.74) is 1.03. The smallest absolute Gasteiger partial charge is 0.189 e. The number of phenols is 1. The molecule has 0 aliphatic heterocycles. The van der Waals surface area contributed by atoms with Gasteiger partial charge in [-0.25, -0.2) is 0 Å². The second-order valence-electron chi connectivity index (χ2n) is 4.82. The van der Waals surface area contributed by atoms with E-state index in [4.69, 9.17) is 25.8 Å². The van der Waals surface area contributed by atoms with Gasteiger partial charge in [0.25, 0.3) is 0 Å². The average Bonchev–Trinajstić information content (AvgIpc) is 2.61. The highest BCUT2D eigenvalue weighted by molar-refractivity contribution is 6.32. The molecular formula is C18H17ClO5. The molecule has 0 fully saturated rings. The van der Waals surface area contributed by atoms with Crippen LogP contribution >= 0.6 is 11.6 Å². The van der Waals surface area contributed by atoms with Gasteiger partial charge < -0.3 is 19.3 Å². The van der Waals surface area contributed by atoms with Gasteiger partial charge in [-0.1, -0.05) is 17.7 Å². The highest BCUT2D eigenvalue weighted by atomic mass is 35.5. The second-order valence-corrected chi connectivity index (χ2v) is 5.22. The van der Waals surface area contributed by atoms with E-state index in [1.165, 1.54) is 33.5 Å². The Labute approximate surface area is 145 Å². The Kier molecular flexibility index (Phi) is 5.71. The highest BCUT2D eigenvalue weighted by Crippen LogP contribution is 2.35. The van der Waals surface area contributed by atoms with Crippen molar-refractivity contribution in [2.75, 3.05) is 21.3 Å². The van der Waals surface area contributed by atoms with Gasteiger partial charge in [0, 0.05) is 6.07 Å². The minimum absolute atomic E-state index is 0.139. The van der Waals surface area contributed by atoms with Crippen LogP contribution in [0, 0.1) is 0 Å². The zero-order chi connectivity index (χ0) is 17.7. The SMILES string of the molecule is COc1ccc(C(=O)C=Cc2cc(Cl)c(O)c(OC)c2)c(OC)c1. The van der Waals surface area contributed by atoms with E-state index in [0.29, 0.717) is 22.6 Å². The average molecular weight is 349 g/mol. The fourth-order valence-corrected chi connectivity index (χ4v) is 2.33. The van der Waals surface area contributed by atoms with Gasteiger partial charge in [-0.05, 0) is 35.9 Å². The first kappa shape index (κ1) is 17.7. The standard InChI is InChI=1S/C18H17ClO5/c1-22-12-5-6-13(16(10-12)23-2)15(20)7-4-11-8-14(19)18(21)17(9-11)24-3/h4-10,21H,1-3H3. The van der Waals surface area contributed by atoms with Gasteiger partial charge in [-0.15, -0.1) is 0 Å². The molecule has 0 unspecified atom stereocenters. The molecule has 0 amide bonds. The largest absolute Gasteiger partial charge is 0.503 e. The first-order valence-corrected chi connectivity index (χ1v) is 7.39. The minimum atomic E-state index is -0.238. The Morgan fingerprint density at radius 1 is 1.04 bits per heavy atom. The highest BCUT2D eigenvalue weighted by Gasteiger charge is 2.12. The number of ether oxygens (including phenoxy) is 3. The number of hydrogen-bond donors (Lipinski definition) is 1. The monoisotopic (exact) mass is 348 g/mol. The molecule has 126 valence electrons. The number of halogens is 1. The first-order chi connectivity index (χ1) is 11.5. The van der Waals surface area contributed by atoms with E-state index in [1.54, 1.807) is 30.3 Å². The van der Waals surface area contributed by atoms with Crippen LogP contribution in [0.2, 0.25) is 5.02 Å². The van der Waals surface area contributed by atoms with Crippen molar-refractivity contribution in [3.63, 3.8) is 0 Å². The molecule has 0 radical (unpaired) electrons. The van der Waals surface area contributed by atoms with Crippen LogP contribution in [0.4, 0.5) is 0 Å². The number of benzene rings is 2. The van der Waals surface area contributed by atoms with Crippen LogP contribution in [-0.4, -0.2) is 32.2 Å². The maximum atomic E-state index is 12.4. The third-order valence-electron chi connectivity index (χ3n) is 3.37. The first-order valence-electron chi connectivity index (χ1n) is 7.01. The van der Waals surface area contributed by atoms with Crippen LogP contribution < -0.4 is 14.2 Å². The molecule has 0 bridgehead atoms. The van der Waals surface area contributed by atoms with Gasteiger partial charge in [0.15, 0.2) is 17.3 Å². The normalized spacial score (nSPS) is 10.7. The Morgan fingerprint density at radius 3 is 2.38 bits per heavy atom. The van der Waals surface area contributed by atoms with Crippen molar-refractivity contribution in [1.29, 1.82) is 0 Å². The summed E-state index contributed by atoms with van der Waals surface area (Å²) in [5.74, 6) is 0.876. The number of hydrogen-bond acceptors (Lipinski definition) is 5. The number of phenolic OH excluding ortho intramolecular Hbond substituents is 1. The van der Waals surface area contributed by atoms with Gasteiger partial charge in [-0.3, -0.25) is 4.79 Å². The predicted octanol–water partition coefficient (Wildman–Crippen LogP) is 3.97. The van der Waals surface area contributed by atoms with Crippen molar-refractivity contribution in [3.8, 4) is 23.0 Å². The lowest BCUT2D eigenvalue weighted by Gasteiger charge is -2.08. The van der Waals surface area contributed by atoms with Crippen LogP contribution in [0.5, 0.6) is 23.0 Å². The number of methoxy groups -OCH3 is 3. The summed E-state index contributed by atoms with van der Waals surface area (Å²) in [5, 5.41) is 9.86. The summed E-state index contributed by atoms with van der Waals surface area (Å²) < 4.78 is 15.4. The van der Waals surface area contributed by atoms with Crippen molar-refractivity contribution < 1.29 is 24.1 Å². The van der Waals surface area contributed by atoms with Gasteiger partial charge in [0.2, 0.25) is 0 Å². The summed E-state index contributed by atoms with van der Waals surface area (Å²) in [6.45, 7) is 0. The van der Waals surface area contributed by atoms with Gasteiger partial charge in [0.05, 0.1) is 31.9 Å². The fraction of sp³-hybridized carbons (Fsp3) is 0.167. The molecule has 0 aromatic heterocycles. The number of carbonyl (C=O) groups excluding carboxylic acids is 1. The van der Waals surface area contributed by atoms with Crippen LogP contribution in [0.1, 0.15) is 15.9 Å². The van der Waals surface area contributed by atoms with Crippen LogP contribution in [0.25, 0.3) is 6.08 Å². The van der Waals surface area contributed by atoms with E-state index in [0.717, 1.165) is 0 Å². The molecule has 0 heterocycles. The summed E-state index contributed by atoms with van der Waals surface area (Å²) in [4.78, 5) is 12.4. The molecule has 5 nitrogen and oxygen atoms in total. The molecule has 2 aromatic carbocycles. The van der Waals surface area contributed by atoms with Gasteiger partial charge in [0.1, 0.15) is 11.5 Å². The predicted molar refractivity (Wildman–Crippen MR) is 92.6 cm³/mol. The molecule has 0 aliphatic rings. The maximum absolute atomic E-state index is 12.4. The summed E-state index contributed by atoms with van der Waals surface area (Å²) in [6, 6.07) is 8.07. The molecule has 0 saturated heterocycles. The van der Waals surface area contributed by atoms with Gasteiger partial charge in [-0.2, -0.15) is 0 Å². The Hall–Kier alpha value is -2.66. The molecule has 2 aromatic rings. The van der Waals surface area contributed by atoms with E-state index >= 15 is 0 Å². The Balaban J connectivity index is 2.30. The van der Waals surface area contributed by atoms with E-state index in [2.05, 4.69) is 0 Å². The van der Waals surface area contributed by atoms with Crippen molar-refractivity contribution in [2.24, 2.45) is 0 Å². The summed E-state index contributed by atoms with van der Waals surface area (Å²) in [7, 11) is 4.45. The number of allylic oxidation sites excluding steroid dienone is 1. The van der Waals surface area contributed by atoms with Crippen molar-refractivity contribution in [3.05, 3.63) is 52.6 Å². The Morgan fingerprint density at radius 2 is 1.75 bits per heavy atom. The number of ketones is 1. The molecule has 0 spiro atoms. The lowest BCUT2D eigenvalue weighted by Crippen LogP contribution is -1.99. The maximum Gasteiger partial charge on any atom is 0.189 e. The third kappa shape index (κ3) is 3.81. The number of rotatable bonds is 6. The van der Waals surface area contributed by atoms with Crippen molar-refractivity contribution in [2.45, 2.75) is 0 Å². The van der Waals surface area contributed by atoms with E-state index in [9.17, 15) is 9.90 Å². The number of aromatic hydroxyl groups is 1. The van der Waals surface area contributed by atoms with E-state index in [1.807, 2.05) is 0 Å². The quantitative estimate of drug-likeness (QED) is 0.632. The van der Waals surface area contributed by atoms with Crippen LogP contribution in [0.15, 0.2) is 36.4 Å². The molecule has 0 atom stereocenters. The fourth-order valence-electron chi connectivity index (χ4n) is 2.11. The van der Waals surface area contributed by atoms with E-state index < -0.39 is 0 Å². The van der Waals surface area contributed by atoms with Crippen molar-refractivity contribution in [1.82, 2.24) is 0 Å². The van der Waals surface area contributed by atoms with Crippen LogP contribution in [-0.2, 0) is 0 Å².